The molecule has 0 aliphatic rings. The Labute approximate surface area is 59.5 Å². The molecule has 3 nitrogen and oxygen atoms in total. The number of anilines is 1. The van der Waals surface area contributed by atoms with Gasteiger partial charge in [-0.2, -0.15) is 0 Å². The van der Waals surface area contributed by atoms with Crippen molar-refractivity contribution in [1.82, 2.24) is 4.98 Å². The van der Waals surface area contributed by atoms with Gasteiger partial charge in [0.15, 0.2) is 0 Å². The third-order valence-electron chi connectivity index (χ3n) is 1.26. The number of nitrogens with two attached hydrogens (primary N) is 1. The van der Waals surface area contributed by atoms with Crippen LogP contribution in [0, 0.1) is 0 Å². The molecule has 0 saturated carbocycles. The molecule has 1 aromatic heterocycles. The third-order valence-corrected chi connectivity index (χ3v) is 1.26. The fourth-order valence-electron chi connectivity index (χ4n) is 0.705. The van der Waals surface area contributed by atoms with Gasteiger partial charge in [0.1, 0.15) is 0 Å². The van der Waals surface area contributed by atoms with Crippen LogP contribution in [0.2, 0.25) is 0 Å². The van der Waals surface area contributed by atoms with E-state index in [-0.39, 0.29) is 0 Å². The van der Waals surface area contributed by atoms with E-state index in [2.05, 4.69) is 4.98 Å². The zero-order valence-electron chi connectivity index (χ0n) is 5.78. The Balaban J connectivity index is 2.96. The molecular weight excluding hydrogens is 128 g/mol. The second-order valence-corrected chi connectivity index (χ2v) is 2.23. The molecular formula is C7H10N2O. The van der Waals surface area contributed by atoms with Crippen LogP contribution in [0.3, 0.4) is 0 Å². The molecule has 0 fully saturated rings. The van der Waals surface area contributed by atoms with Gasteiger partial charge in [0, 0.05) is 18.0 Å². The Bertz CT molecular complexity index is 223. The standard InChI is InChI=1S/C7H10N2O/c1-5(10)6-2-7(8)4-9-3-6/h2-5,10H,8H2,1H3. The molecule has 0 saturated heterocycles. The lowest BCUT2D eigenvalue weighted by Crippen LogP contribution is -1.94. The molecule has 3 heteroatoms. The molecule has 3 N–H and O–H groups in total. The van der Waals surface area contributed by atoms with Crippen molar-refractivity contribution in [3.63, 3.8) is 0 Å². The summed E-state index contributed by atoms with van der Waals surface area (Å²) in [7, 11) is 0. The van der Waals surface area contributed by atoms with Gasteiger partial charge in [-0.15, -0.1) is 0 Å². The van der Waals surface area contributed by atoms with Gasteiger partial charge in [-0.3, -0.25) is 4.98 Å². The largest absolute Gasteiger partial charge is 0.397 e. The monoisotopic (exact) mass is 138 g/mol. The number of aromatic nitrogens is 1. The number of nitrogen functional groups attached to an aromatic ring is 1. The van der Waals surface area contributed by atoms with Crippen molar-refractivity contribution in [2.45, 2.75) is 13.0 Å². The number of hydrogen-bond donors (Lipinski definition) is 2. The van der Waals surface area contributed by atoms with Crippen LogP contribution in [0.1, 0.15) is 18.6 Å². The van der Waals surface area contributed by atoms with Gasteiger partial charge < -0.3 is 10.8 Å². The van der Waals surface area contributed by atoms with Crippen LogP contribution in [0.15, 0.2) is 18.5 Å². The molecule has 10 heavy (non-hydrogen) atoms. The van der Waals surface area contributed by atoms with Gasteiger partial charge in [0.05, 0.1) is 11.8 Å². The smallest absolute Gasteiger partial charge is 0.0777 e. The van der Waals surface area contributed by atoms with Gasteiger partial charge >= 0.3 is 0 Å². The van der Waals surface area contributed by atoms with Crippen LogP contribution < -0.4 is 5.73 Å². The molecule has 0 aliphatic carbocycles. The summed E-state index contributed by atoms with van der Waals surface area (Å²) in [5.41, 5.74) is 6.75. The van der Waals surface area contributed by atoms with Crippen LogP contribution in [0.4, 0.5) is 5.69 Å². The first-order chi connectivity index (χ1) is 4.70. The van der Waals surface area contributed by atoms with Crippen molar-refractivity contribution in [2.24, 2.45) is 0 Å². The Kier molecular flexibility index (Phi) is 1.87. The lowest BCUT2D eigenvalue weighted by Gasteiger charge is -2.02. The van der Waals surface area contributed by atoms with E-state index in [4.69, 9.17) is 10.8 Å². The van der Waals surface area contributed by atoms with E-state index in [1.165, 1.54) is 0 Å². The van der Waals surface area contributed by atoms with Gasteiger partial charge in [0.2, 0.25) is 0 Å². The van der Waals surface area contributed by atoms with E-state index in [1.807, 2.05) is 0 Å². The van der Waals surface area contributed by atoms with E-state index in [9.17, 15) is 0 Å². The van der Waals surface area contributed by atoms with Crippen molar-refractivity contribution in [1.29, 1.82) is 0 Å². The summed E-state index contributed by atoms with van der Waals surface area (Å²) in [6.45, 7) is 1.68. The molecule has 0 spiro atoms. The third kappa shape index (κ3) is 1.45. The molecule has 1 unspecified atom stereocenters. The molecule has 1 heterocycles. The second kappa shape index (κ2) is 2.66. The molecule has 54 valence electrons. The highest BCUT2D eigenvalue weighted by atomic mass is 16.3. The minimum absolute atomic E-state index is 0.490. The SMILES string of the molecule is CC(O)c1cncc(N)c1. The molecule has 1 aromatic rings. The topological polar surface area (TPSA) is 59.1 Å². The minimum Gasteiger partial charge on any atom is -0.397 e. The number of hydrogen-bond acceptors (Lipinski definition) is 3. The minimum atomic E-state index is -0.490. The predicted octanol–water partition coefficient (Wildman–Crippen LogP) is 0.717. The highest BCUT2D eigenvalue weighted by Crippen LogP contribution is 2.12. The zero-order valence-corrected chi connectivity index (χ0v) is 5.78. The van der Waals surface area contributed by atoms with Crippen molar-refractivity contribution >= 4 is 5.69 Å². The molecule has 0 bridgehead atoms. The van der Waals surface area contributed by atoms with Crippen LogP contribution in [0.5, 0.6) is 0 Å². The normalized spacial score (nSPS) is 13.0. The Hall–Kier alpha value is -1.09. The van der Waals surface area contributed by atoms with Gasteiger partial charge in [0.25, 0.3) is 0 Å². The molecule has 0 amide bonds. The molecule has 0 aliphatic heterocycles. The van der Waals surface area contributed by atoms with Crippen molar-refractivity contribution in [2.75, 3.05) is 5.73 Å². The first kappa shape index (κ1) is 7.02. The summed E-state index contributed by atoms with van der Waals surface area (Å²) in [6, 6.07) is 1.71. The van der Waals surface area contributed by atoms with E-state index >= 15 is 0 Å². The highest BCUT2D eigenvalue weighted by molar-refractivity contribution is 5.37. The maximum Gasteiger partial charge on any atom is 0.0777 e. The number of rotatable bonds is 1. The molecule has 0 radical (unpaired) electrons. The van der Waals surface area contributed by atoms with Crippen molar-refractivity contribution in [3.8, 4) is 0 Å². The summed E-state index contributed by atoms with van der Waals surface area (Å²) < 4.78 is 0. The Morgan fingerprint density at radius 1 is 1.60 bits per heavy atom. The quantitative estimate of drug-likeness (QED) is 0.601. The fraction of sp³-hybridized carbons (Fsp3) is 0.286. The average Bonchev–Trinajstić information content (AvgIpc) is 1.88. The predicted molar refractivity (Wildman–Crippen MR) is 39.3 cm³/mol. The highest BCUT2D eigenvalue weighted by Gasteiger charge is 1.99. The number of pyridine rings is 1. The molecule has 0 aromatic carbocycles. The van der Waals surface area contributed by atoms with Gasteiger partial charge in [-0.1, -0.05) is 0 Å². The summed E-state index contributed by atoms with van der Waals surface area (Å²) >= 11 is 0. The summed E-state index contributed by atoms with van der Waals surface area (Å²) in [4.78, 5) is 3.82. The van der Waals surface area contributed by atoms with Crippen LogP contribution in [-0.2, 0) is 0 Å². The van der Waals surface area contributed by atoms with E-state index in [1.54, 1.807) is 25.4 Å². The first-order valence-corrected chi connectivity index (χ1v) is 3.08. The van der Waals surface area contributed by atoms with Crippen molar-refractivity contribution in [3.05, 3.63) is 24.0 Å². The number of nitrogens with zero attached hydrogens (tertiary/aromatic N) is 1. The average molecular weight is 138 g/mol. The lowest BCUT2D eigenvalue weighted by atomic mass is 10.2. The van der Waals surface area contributed by atoms with E-state index in [0.29, 0.717) is 5.69 Å². The summed E-state index contributed by atoms with van der Waals surface area (Å²) in [5, 5.41) is 9.05. The van der Waals surface area contributed by atoms with Gasteiger partial charge in [-0.25, -0.2) is 0 Å². The van der Waals surface area contributed by atoms with Gasteiger partial charge in [-0.05, 0) is 13.0 Å². The fourth-order valence-corrected chi connectivity index (χ4v) is 0.705. The summed E-state index contributed by atoms with van der Waals surface area (Å²) in [6.07, 6.45) is 2.66. The first-order valence-electron chi connectivity index (χ1n) is 3.08. The lowest BCUT2D eigenvalue weighted by molar-refractivity contribution is 0.199. The van der Waals surface area contributed by atoms with E-state index < -0.39 is 6.10 Å². The number of aliphatic hydroxyl groups excluding tert-OH is 1. The Morgan fingerprint density at radius 3 is 2.70 bits per heavy atom. The molecule has 1 atom stereocenters. The van der Waals surface area contributed by atoms with Crippen LogP contribution >= 0.6 is 0 Å². The van der Waals surface area contributed by atoms with Crippen LogP contribution in [-0.4, -0.2) is 10.1 Å². The maximum absolute atomic E-state index is 9.05. The second-order valence-electron chi connectivity index (χ2n) is 2.23. The molecule has 1 rings (SSSR count). The number of aliphatic hydroxyl groups is 1. The maximum atomic E-state index is 9.05. The Morgan fingerprint density at radius 2 is 2.30 bits per heavy atom. The zero-order chi connectivity index (χ0) is 7.56. The van der Waals surface area contributed by atoms with E-state index in [0.717, 1.165) is 5.56 Å². The van der Waals surface area contributed by atoms with Crippen molar-refractivity contribution < 1.29 is 5.11 Å². The van der Waals surface area contributed by atoms with Crippen LogP contribution in [0.25, 0.3) is 0 Å². The summed E-state index contributed by atoms with van der Waals surface area (Å²) in [5.74, 6) is 0.